The summed E-state index contributed by atoms with van der Waals surface area (Å²) in [4.78, 5) is 52.8. The summed E-state index contributed by atoms with van der Waals surface area (Å²) in [6.07, 6.45) is 12.5. The third-order valence-corrected chi connectivity index (χ3v) is 13.2. The fourth-order valence-electron chi connectivity index (χ4n) is 9.63. The molecule has 3 aliphatic heterocycles. The zero-order valence-corrected chi connectivity index (χ0v) is 36.1. The van der Waals surface area contributed by atoms with Gasteiger partial charge in [0.05, 0.1) is 6.54 Å². The Labute approximate surface area is 370 Å². The van der Waals surface area contributed by atoms with Gasteiger partial charge in [0.2, 0.25) is 17.8 Å². The number of carbonyl (C=O) groups excluding carboxylic acids is 3. The van der Waals surface area contributed by atoms with Gasteiger partial charge in [-0.3, -0.25) is 24.6 Å². The summed E-state index contributed by atoms with van der Waals surface area (Å²) < 4.78 is 37.8. The summed E-state index contributed by atoms with van der Waals surface area (Å²) in [5, 5.41) is 6.72. The molecule has 63 heavy (non-hydrogen) atoms. The predicted octanol–water partition coefficient (Wildman–Crippen LogP) is 8.20. The summed E-state index contributed by atoms with van der Waals surface area (Å²) >= 11 is 6.10. The molecule has 0 radical (unpaired) electrons. The fourth-order valence-corrected chi connectivity index (χ4v) is 9.86. The van der Waals surface area contributed by atoms with Crippen LogP contribution in [0, 0.1) is 11.6 Å². The number of rotatable bonds is 15. The van der Waals surface area contributed by atoms with Gasteiger partial charge < -0.3 is 24.4 Å². The number of imide groups is 1. The van der Waals surface area contributed by atoms with E-state index in [0.29, 0.717) is 59.9 Å². The largest absolute Gasteiger partial charge is 0.381 e. The SMILES string of the molecule is O=C1CCC(N2Cc3c(ccc(CCCOCCCN4CCN(Cc5ccc(-c6cn(C7CCCCC7)c7nc(Nc8cc(F)cc(Cl)c8)ncc67)cc5)CC4)c3F)C2=O)C(=O)N1. The number of carbonyl (C=O) groups is 3. The van der Waals surface area contributed by atoms with Crippen molar-refractivity contribution in [1.29, 1.82) is 0 Å². The van der Waals surface area contributed by atoms with Crippen molar-refractivity contribution in [3.63, 3.8) is 0 Å². The molecule has 1 unspecified atom stereocenters. The highest BCUT2D eigenvalue weighted by atomic mass is 35.5. The van der Waals surface area contributed by atoms with Gasteiger partial charge in [0, 0.05) is 110 Å². The van der Waals surface area contributed by atoms with Crippen LogP contribution in [0.4, 0.5) is 20.4 Å². The standard InChI is InChI=1S/C48H53ClF2N8O4/c49-34-24-35(50)26-36(25-34)53-48-52-27-39-40(29-58(45(39)55-48)37-7-2-1-3-8-37)32-11-9-31(10-12-32)28-57-20-18-56(19-21-57)17-5-23-63-22-4-6-33-13-14-38-41(44(33)51)30-59(47(38)62)42-15-16-43(60)54-46(42)61/h9-14,24-27,29,37,42H,1-8,15-23,28,30H2,(H,52,53,55)(H,54,60,61). The van der Waals surface area contributed by atoms with Crippen LogP contribution in [-0.2, 0) is 33.8 Å². The molecule has 5 aromatic rings. The molecule has 0 bridgehead atoms. The highest BCUT2D eigenvalue weighted by molar-refractivity contribution is 6.30. The average Bonchev–Trinajstić information content (AvgIpc) is 3.82. The van der Waals surface area contributed by atoms with Gasteiger partial charge in [-0.05, 0) is 79.5 Å². The van der Waals surface area contributed by atoms with E-state index >= 15 is 4.39 Å². The molecule has 330 valence electrons. The maximum atomic E-state index is 15.5. The second kappa shape index (κ2) is 19.2. The van der Waals surface area contributed by atoms with E-state index < -0.39 is 23.6 Å². The van der Waals surface area contributed by atoms with Gasteiger partial charge >= 0.3 is 0 Å². The van der Waals surface area contributed by atoms with Gasteiger partial charge in [-0.2, -0.15) is 4.98 Å². The molecular weight excluding hydrogens is 826 g/mol. The molecule has 15 heteroatoms. The lowest BCUT2D eigenvalue weighted by Crippen LogP contribution is -2.52. The second-order valence-electron chi connectivity index (χ2n) is 17.3. The molecule has 1 atom stereocenters. The minimum Gasteiger partial charge on any atom is -0.381 e. The Kier molecular flexibility index (Phi) is 13.1. The average molecular weight is 879 g/mol. The number of amides is 3. The topological polar surface area (TPSA) is 125 Å². The van der Waals surface area contributed by atoms with E-state index in [0.717, 1.165) is 80.7 Å². The lowest BCUT2D eigenvalue weighted by molar-refractivity contribution is -0.136. The fraction of sp³-hybridized carbons (Fsp3) is 0.438. The number of aromatic nitrogens is 3. The summed E-state index contributed by atoms with van der Waals surface area (Å²) in [5.74, 6) is -1.64. The number of hydrogen-bond donors (Lipinski definition) is 2. The Hall–Kier alpha value is -5.28. The predicted molar refractivity (Wildman–Crippen MR) is 238 cm³/mol. The monoisotopic (exact) mass is 878 g/mol. The van der Waals surface area contributed by atoms with Crippen LogP contribution in [0.25, 0.3) is 22.2 Å². The Morgan fingerprint density at radius 2 is 1.65 bits per heavy atom. The van der Waals surface area contributed by atoms with Crippen molar-refractivity contribution in [1.82, 2.24) is 34.6 Å². The van der Waals surface area contributed by atoms with Crippen LogP contribution >= 0.6 is 11.6 Å². The Bertz CT molecular complexity index is 2460. The molecule has 5 heterocycles. The van der Waals surface area contributed by atoms with Crippen molar-refractivity contribution in [2.45, 2.75) is 89.4 Å². The van der Waals surface area contributed by atoms with Gasteiger partial charge in [0.25, 0.3) is 5.91 Å². The van der Waals surface area contributed by atoms with Crippen molar-refractivity contribution in [2.24, 2.45) is 0 Å². The number of piperidine rings is 1. The Morgan fingerprint density at radius 1 is 0.873 bits per heavy atom. The molecule has 1 saturated carbocycles. The van der Waals surface area contributed by atoms with Gasteiger partial charge in [-0.15, -0.1) is 0 Å². The van der Waals surface area contributed by atoms with Crippen molar-refractivity contribution in [3.05, 3.63) is 106 Å². The van der Waals surface area contributed by atoms with E-state index in [1.807, 2.05) is 6.20 Å². The quantitative estimate of drug-likeness (QED) is 0.0792. The molecule has 3 amide bonds. The minimum atomic E-state index is -0.764. The zero-order chi connectivity index (χ0) is 43.5. The van der Waals surface area contributed by atoms with E-state index in [2.05, 4.69) is 60.4 Å². The highest BCUT2D eigenvalue weighted by Crippen LogP contribution is 2.37. The summed E-state index contributed by atoms with van der Waals surface area (Å²) in [7, 11) is 0. The number of hydrogen-bond acceptors (Lipinski definition) is 9. The molecule has 3 aromatic carbocycles. The Morgan fingerprint density at radius 3 is 2.43 bits per heavy atom. The van der Waals surface area contributed by atoms with E-state index in [1.54, 1.807) is 18.2 Å². The normalized spacial score (nSPS) is 18.9. The molecule has 2 N–H and O–H groups in total. The summed E-state index contributed by atoms with van der Waals surface area (Å²) in [6.45, 7) is 7.05. The highest BCUT2D eigenvalue weighted by Gasteiger charge is 2.40. The summed E-state index contributed by atoms with van der Waals surface area (Å²) in [5.41, 5.74) is 6.03. The van der Waals surface area contributed by atoms with E-state index in [4.69, 9.17) is 21.3 Å². The minimum absolute atomic E-state index is 0.0303. The molecule has 0 spiro atoms. The molecule has 4 aliphatic rings. The van der Waals surface area contributed by atoms with E-state index in [9.17, 15) is 18.8 Å². The van der Waals surface area contributed by atoms with Crippen LogP contribution in [0.5, 0.6) is 0 Å². The van der Waals surface area contributed by atoms with Gasteiger partial charge in [0.15, 0.2) is 0 Å². The van der Waals surface area contributed by atoms with E-state index in [1.165, 1.54) is 41.9 Å². The number of piperazine rings is 1. The number of anilines is 2. The second-order valence-corrected chi connectivity index (χ2v) is 17.7. The molecule has 3 fully saturated rings. The maximum absolute atomic E-state index is 15.5. The molecule has 9 rings (SSSR count). The first kappa shape index (κ1) is 43.0. The van der Waals surface area contributed by atoms with E-state index in [-0.39, 0.29) is 36.8 Å². The number of benzene rings is 3. The lowest BCUT2D eigenvalue weighted by atomic mass is 9.95. The number of aryl methyl sites for hydroxylation is 1. The number of ether oxygens (including phenoxy) is 1. The molecule has 12 nitrogen and oxygen atoms in total. The van der Waals surface area contributed by atoms with Crippen LogP contribution < -0.4 is 10.6 Å². The number of halogens is 3. The van der Waals surface area contributed by atoms with Crippen molar-refractivity contribution >= 4 is 52.0 Å². The van der Waals surface area contributed by atoms with Gasteiger partial charge in [0.1, 0.15) is 23.3 Å². The first-order chi connectivity index (χ1) is 30.7. The van der Waals surface area contributed by atoms with Gasteiger partial charge in [-0.25, -0.2) is 13.8 Å². The molecular formula is C48H53ClF2N8O4. The molecule has 2 aromatic heterocycles. The summed E-state index contributed by atoms with van der Waals surface area (Å²) in [6, 6.07) is 16.1. The third-order valence-electron chi connectivity index (χ3n) is 13.0. The maximum Gasteiger partial charge on any atom is 0.255 e. The Balaban J connectivity index is 0.716. The van der Waals surface area contributed by atoms with Gasteiger partial charge in [-0.1, -0.05) is 61.2 Å². The molecule has 1 aliphatic carbocycles. The number of fused-ring (bicyclic) bond motifs is 2. The van der Waals surface area contributed by atoms with Crippen LogP contribution in [0.1, 0.15) is 90.9 Å². The van der Waals surface area contributed by atoms with Crippen LogP contribution in [0.3, 0.4) is 0 Å². The zero-order valence-electron chi connectivity index (χ0n) is 35.4. The number of nitrogens with zero attached hydrogens (tertiary/aromatic N) is 6. The third kappa shape index (κ3) is 9.79. The first-order valence-electron chi connectivity index (χ1n) is 22.3. The van der Waals surface area contributed by atoms with Crippen LogP contribution in [0.2, 0.25) is 5.02 Å². The lowest BCUT2D eigenvalue weighted by Gasteiger charge is -2.34. The molecule has 2 saturated heterocycles. The number of nitrogens with one attached hydrogen (secondary N) is 2. The van der Waals surface area contributed by atoms with Crippen molar-refractivity contribution < 1.29 is 27.9 Å². The smallest absolute Gasteiger partial charge is 0.255 e. The van der Waals surface area contributed by atoms with Crippen LogP contribution in [0.15, 0.2) is 67.0 Å². The van der Waals surface area contributed by atoms with Crippen molar-refractivity contribution in [2.75, 3.05) is 51.3 Å². The van der Waals surface area contributed by atoms with Crippen LogP contribution in [-0.4, -0.2) is 98.9 Å². The van der Waals surface area contributed by atoms with Crippen molar-refractivity contribution in [3.8, 4) is 11.1 Å². The first-order valence-corrected chi connectivity index (χ1v) is 22.7.